The van der Waals surface area contributed by atoms with Crippen LogP contribution >= 0.6 is 0 Å². The van der Waals surface area contributed by atoms with E-state index in [1.807, 2.05) is 6.07 Å². The molecule has 4 nitrogen and oxygen atoms in total. The third-order valence-electron chi connectivity index (χ3n) is 2.98. The zero-order chi connectivity index (χ0) is 10.8. The molecule has 0 radical (unpaired) electrons. The van der Waals surface area contributed by atoms with Crippen molar-refractivity contribution in [2.75, 3.05) is 0 Å². The second-order valence-corrected chi connectivity index (χ2v) is 4.03. The summed E-state index contributed by atoms with van der Waals surface area (Å²) >= 11 is 0. The molecule has 1 unspecified atom stereocenters. The fourth-order valence-electron chi connectivity index (χ4n) is 1.64. The highest BCUT2D eigenvalue weighted by molar-refractivity contribution is 5.74. The maximum atomic E-state index is 10.8. The lowest BCUT2D eigenvalue weighted by molar-refractivity contribution is -0.138. The van der Waals surface area contributed by atoms with Crippen LogP contribution in [0.25, 0.3) is 0 Å². The van der Waals surface area contributed by atoms with Crippen LogP contribution in [0.4, 0.5) is 0 Å². The summed E-state index contributed by atoms with van der Waals surface area (Å²) in [5.74, 6) is -0.551. The number of nitrogens with zero attached hydrogens (tertiary/aromatic N) is 2. The van der Waals surface area contributed by atoms with E-state index in [9.17, 15) is 4.79 Å². The Morgan fingerprint density at radius 2 is 2.33 bits per heavy atom. The number of aromatic nitrogens is 2. The second kappa shape index (κ2) is 3.96. The van der Waals surface area contributed by atoms with Crippen LogP contribution in [-0.2, 0) is 4.79 Å². The molecule has 80 valence electrons. The first-order chi connectivity index (χ1) is 7.18. The molecule has 0 saturated heterocycles. The lowest BCUT2D eigenvalue weighted by Gasteiger charge is -2.24. The van der Waals surface area contributed by atoms with E-state index in [1.54, 1.807) is 13.1 Å². The molecule has 0 aromatic carbocycles. The molecule has 1 aromatic rings. The number of carboxylic acid groups (broad SMARTS) is 1. The Hall–Kier alpha value is -1.45. The molecular weight excluding hydrogens is 192 g/mol. The summed E-state index contributed by atoms with van der Waals surface area (Å²) in [6.07, 6.45) is 5.24. The van der Waals surface area contributed by atoms with Gasteiger partial charge in [0.05, 0.1) is 0 Å². The fourth-order valence-corrected chi connectivity index (χ4v) is 1.64. The van der Waals surface area contributed by atoms with Gasteiger partial charge in [-0.2, -0.15) is 0 Å². The average molecular weight is 206 g/mol. The fraction of sp³-hybridized carbons (Fsp3) is 0.545. The minimum absolute atomic E-state index is 0.423. The lowest BCUT2D eigenvalue weighted by atomic mass is 9.83. The summed E-state index contributed by atoms with van der Waals surface area (Å²) in [6, 6.07) is 1.89. The maximum absolute atomic E-state index is 10.8. The van der Waals surface area contributed by atoms with Gasteiger partial charge in [-0.25, -0.2) is 9.97 Å². The van der Waals surface area contributed by atoms with Gasteiger partial charge in [-0.1, -0.05) is 6.42 Å². The molecule has 0 spiro atoms. The van der Waals surface area contributed by atoms with Gasteiger partial charge in [0, 0.05) is 17.8 Å². The number of carboxylic acids is 1. The topological polar surface area (TPSA) is 63.1 Å². The molecule has 0 bridgehead atoms. The van der Waals surface area contributed by atoms with Crippen molar-refractivity contribution >= 4 is 5.97 Å². The second-order valence-electron chi connectivity index (χ2n) is 4.03. The standard InChI is InChI=1S/C11H14N2O2/c1-7(11(14)15)10-12-6-5-9(13-10)8-3-2-4-8/h5-8H,2-4H2,1H3,(H,14,15). The van der Waals surface area contributed by atoms with E-state index in [2.05, 4.69) is 9.97 Å². The Labute approximate surface area is 88.4 Å². The van der Waals surface area contributed by atoms with Gasteiger partial charge in [0.15, 0.2) is 0 Å². The summed E-state index contributed by atoms with van der Waals surface area (Å²) in [6.45, 7) is 1.61. The average Bonchev–Trinajstić information content (AvgIpc) is 2.14. The quantitative estimate of drug-likeness (QED) is 0.820. The van der Waals surface area contributed by atoms with Crippen molar-refractivity contribution in [3.8, 4) is 0 Å². The van der Waals surface area contributed by atoms with Crippen LogP contribution in [0.5, 0.6) is 0 Å². The Balaban J connectivity index is 2.21. The first-order valence-electron chi connectivity index (χ1n) is 5.24. The molecule has 1 aliphatic carbocycles. The van der Waals surface area contributed by atoms with E-state index in [0.29, 0.717) is 11.7 Å². The minimum atomic E-state index is -0.874. The zero-order valence-electron chi connectivity index (χ0n) is 8.68. The van der Waals surface area contributed by atoms with Gasteiger partial charge < -0.3 is 5.11 Å². The Morgan fingerprint density at radius 1 is 1.60 bits per heavy atom. The molecule has 2 rings (SSSR count). The van der Waals surface area contributed by atoms with Crippen LogP contribution in [0.15, 0.2) is 12.3 Å². The van der Waals surface area contributed by atoms with E-state index in [0.717, 1.165) is 18.5 Å². The Bertz CT molecular complexity index is 375. The minimum Gasteiger partial charge on any atom is -0.481 e. The molecule has 0 amide bonds. The molecule has 15 heavy (non-hydrogen) atoms. The maximum Gasteiger partial charge on any atom is 0.313 e. The van der Waals surface area contributed by atoms with Crippen LogP contribution in [0.3, 0.4) is 0 Å². The molecule has 1 aliphatic rings. The van der Waals surface area contributed by atoms with Gasteiger partial charge in [-0.05, 0) is 25.8 Å². The smallest absolute Gasteiger partial charge is 0.313 e. The highest BCUT2D eigenvalue weighted by Gasteiger charge is 2.23. The van der Waals surface area contributed by atoms with E-state index in [4.69, 9.17) is 5.11 Å². The molecule has 1 fully saturated rings. The molecule has 4 heteroatoms. The largest absolute Gasteiger partial charge is 0.481 e. The molecule has 1 aromatic heterocycles. The number of aliphatic carboxylic acids is 1. The summed E-state index contributed by atoms with van der Waals surface area (Å²) in [5, 5.41) is 8.86. The van der Waals surface area contributed by atoms with Crippen molar-refractivity contribution in [2.45, 2.75) is 38.0 Å². The normalized spacial score (nSPS) is 18.2. The molecule has 1 saturated carbocycles. The monoisotopic (exact) mass is 206 g/mol. The molecular formula is C11H14N2O2. The zero-order valence-corrected chi connectivity index (χ0v) is 8.68. The summed E-state index contributed by atoms with van der Waals surface area (Å²) in [7, 11) is 0. The molecule has 1 atom stereocenters. The van der Waals surface area contributed by atoms with Crippen LogP contribution in [0, 0.1) is 0 Å². The molecule has 1 heterocycles. The third kappa shape index (κ3) is 1.98. The first-order valence-corrected chi connectivity index (χ1v) is 5.24. The Morgan fingerprint density at radius 3 is 2.87 bits per heavy atom. The van der Waals surface area contributed by atoms with Gasteiger partial charge in [-0.15, -0.1) is 0 Å². The van der Waals surface area contributed by atoms with Crippen LogP contribution in [-0.4, -0.2) is 21.0 Å². The van der Waals surface area contributed by atoms with Crippen molar-refractivity contribution in [1.82, 2.24) is 9.97 Å². The van der Waals surface area contributed by atoms with E-state index < -0.39 is 11.9 Å². The Kier molecular flexibility index (Phi) is 2.66. The SMILES string of the molecule is CC(C(=O)O)c1nccc(C2CCC2)n1. The lowest BCUT2D eigenvalue weighted by Crippen LogP contribution is -2.15. The number of carbonyl (C=O) groups is 1. The van der Waals surface area contributed by atoms with Gasteiger partial charge in [0.2, 0.25) is 0 Å². The number of hydrogen-bond acceptors (Lipinski definition) is 3. The van der Waals surface area contributed by atoms with E-state index >= 15 is 0 Å². The van der Waals surface area contributed by atoms with Gasteiger partial charge in [0.25, 0.3) is 0 Å². The number of rotatable bonds is 3. The predicted octanol–water partition coefficient (Wildman–Crippen LogP) is 1.93. The van der Waals surface area contributed by atoms with Crippen molar-refractivity contribution in [2.24, 2.45) is 0 Å². The third-order valence-corrected chi connectivity index (χ3v) is 2.98. The predicted molar refractivity (Wildman–Crippen MR) is 54.7 cm³/mol. The highest BCUT2D eigenvalue weighted by atomic mass is 16.4. The van der Waals surface area contributed by atoms with Crippen LogP contribution in [0.2, 0.25) is 0 Å². The van der Waals surface area contributed by atoms with Crippen LogP contribution in [0.1, 0.15) is 49.5 Å². The summed E-state index contributed by atoms with van der Waals surface area (Å²) in [5.41, 5.74) is 0.999. The summed E-state index contributed by atoms with van der Waals surface area (Å²) in [4.78, 5) is 19.1. The van der Waals surface area contributed by atoms with Gasteiger partial charge in [0.1, 0.15) is 11.7 Å². The van der Waals surface area contributed by atoms with Crippen molar-refractivity contribution < 1.29 is 9.90 Å². The van der Waals surface area contributed by atoms with Crippen molar-refractivity contribution in [1.29, 1.82) is 0 Å². The molecule has 0 aliphatic heterocycles. The van der Waals surface area contributed by atoms with Gasteiger partial charge >= 0.3 is 5.97 Å². The van der Waals surface area contributed by atoms with E-state index in [-0.39, 0.29) is 0 Å². The summed E-state index contributed by atoms with van der Waals surface area (Å²) < 4.78 is 0. The number of hydrogen-bond donors (Lipinski definition) is 1. The van der Waals surface area contributed by atoms with Crippen molar-refractivity contribution in [3.05, 3.63) is 23.8 Å². The van der Waals surface area contributed by atoms with Crippen molar-refractivity contribution in [3.63, 3.8) is 0 Å². The first kappa shape index (κ1) is 10.1. The van der Waals surface area contributed by atoms with Gasteiger partial charge in [-0.3, -0.25) is 4.79 Å². The van der Waals surface area contributed by atoms with E-state index in [1.165, 1.54) is 6.42 Å². The van der Waals surface area contributed by atoms with Crippen LogP contribution < -0.4 is 0 Å². The molecule has 1 N–H and O–H groups in total. The highest BCUT2D eigenvalue weighted by Crippen LogP contribution is 2.35.